The highest BCUT2D eigenvalue weighted by molar-refractivity contribution is 6.31. The van der Waals surface area contributed by atoms with Gasteiger partial charge in [-0.2, -0.15) is 0 Å². The average Bonchev–Trinajstić information content (AvgIpc) is 2.99. The van der Waals surface area contributed by atoms with Gasteiger partial charge in [0, 0.05) is 41.5 Å². The largest absolute Gasteiger partial charge is 0.491 e. The van der Waals surface area contributed by atoms with Crippen LogP contribution in [-0.4, -0.2) is 61.5 Å². The van der Waals surface area contributed by atoms with E-state index in [1.807, 2.05) is 24.3 Å². The highest BCUT2D eigenvalue weighted by atomic mass is 35.5. The molecule has 0 spiro atoms. The van der Waals surface area contributed by atoms with Gasteiger partial charge in [0.2, 0.25) is 5.91 Å². The van der Waals surface area contributed by atoms with Crippen molar-refractivity contribution in [3.05, 3.63) is 100 Å². The van der Waals surface area contributed by atoms with Crippen molar-refractivity contribution >= 4 is 46.5 Å². The van der Waals surface area contributed by atoms with Gasteiger partial charge in [-0.1, -0.05) is 54.1 Å². The maximum Gasteiger partial charge on any atom is 0.415 e. The minimum absolute atomic E-state index is 0.0283. The van der Waals surface area contributed by atoms with Gasteiger partial charge in [-0.15, -0.1) is 0 Å². The molecule has 2 amide bonds. The fraction of sp³-hybridized carbons (Fsp3) is 0.290. The maximum atomic E-state index is 13.3. The molecule has 0 saturated carbocycles. The molecule has 2 unspecified atom stereocenters. The summed E-state index contributed by atoms with van der Waals surface area (Å²) in [4.78, 5) is 26.4. The van der Waals surface area contributed by atoms with Crippen LogP contribution in [0.2, 0.25) is 5.02 Å². The summed E-state index contributed by atoms with van der Waals surface area (Å²) < 4.78 is 15.9. The van der Waals surface area contributed by atoms with Crippen LogP contribution >= 0.6 is 23.2 Å². The lowest BCUT2D eigenvalue weighted by atomic mass is 9.91. The van der Waals surface area contributed by atoms with Crippen molar-refractivity contribution in [1.82, 2.24) is 10.2 Å². The summed E-state index contributed by atoms with van der Waals surface area (Å²) in [5.41, 5.74) is 9.39. The fourth-order valence-electron chi connectivity index (χ4n) is 4.16. The summed E-state index contributed by atoms with van der Waals surface area (Å²) in [7, 11) is 1.42. The van der Waals surface area contributed by atoms with Crippen LogP contribution in [0.25, 0.3) is 5.57 Å². The number of nitrogens with zero attached hydrogens (tertiary/aromatic N) is 1. The third kappa shape index (κ3) is 9.66. The first-order valence-corrected chi connectivity index (χ1v) is 14.0. The topological polar surface area (TPSA) is 123 Å². The zero-order valence-corrected chi connectivity index (χ0v) is 25.0. The van der Waals surface area contributed by atoms with E-state index in [-0.39, 0.29) is 31.4 Å². The van der Waals surface area contributed by atoms with Gasteiger partial charge in [-0.25, -0.2) is 4.79 Å². The highest BCUT2D eigenvalue weighted by Gasteiger charge is 2.30. The molecule has 42 heavy (non-hydrogen) atoms. The second kappa shape index (κ2) is 16.0. The Balaban J connectivity index is 1.79. The molecule has 11 heteroatoms. The molecule has 3 rings (SSSR count). The van der Waals surface area contributed by atoms with Gasteiger partial charge in [-0.05, 0) is 67.0 Å². The molecule has 0 aliphatic carbocycles. The van der Waals surface area contributed by atoms with Gasteiger partial charge >= 0.3 is 6.09 Å². The van der Waals surface area contributed by atoms with Crippen molar-refractivity contribution in [3.63, 3.8) is 0 Å². The van der Waals surface area contributed by atoms with E-state index in [1.165, 1.54) is 13.2 Å². The number of halogens is 2. The standard InChI is InChI=1S/C31H35Cl2N3O6/c1-4-23(32)8-5-20(2)42-31(39)36-14-13-22(27-16-24(33)9-12-28(27)34)15-29(36)21-6-10-26(11-7-21)41-18-25(37)17-35-30(38)19-40-3/h4-12,15-16,25,29,37H,2,13-14,17-19,34H2,1,3H3,(H,35,38)/b8-5-,23-4+. The van der Waals surface area contributed by atoms with Gasteiger partial charge in [0.05, 0.1) is 6.04 Å². The molecule has 0 fully saturated rings. The number of hydrogen-bond donors (Lipinski definition) is 3. The smallest absolute Gasteiger partial charge is 0.415 e. The van der Waals surface area contributed by atoms with E-state index in [9.17, 15) is 14.7 Å². The molecule has 1 aliphatic heterocycles. The van der Waals surface area contributed by atoms with Crippen molar-refractivity contribution in [3.8, 4) is 5.75 Å². The van der Waals surface area contributed by atoms with Gasteiger partial charge in [0.15, 0.2) is 0 Å². The van der Waals surface area contributed by atoms with Crippen LogP contribution < -0.4 is 15.8 Å². The van der Waals surface area contributed by atoms with Crippen LogP contribution in [0.3, 0.4) is 0 Å². The number of hydrogen-bond acceptors (Lipinski definition) is 7. The number of allylic oxidation sites excluding steroid dienone is 4. The quantitative estimate of drug-likeness (QED) is 0.161. The number of methoxy groups -OCH3 is 1. The summed E-state index contributed by atoms with van der Waals surface area (Å²) >= 11 is 12.2. The Hall–Kier alpha value is -3.76. The van der Waals surface area contributed by atoms with E-state index >= 15 is 0 Å². The predicted molar refractivity (Wildman–Crippen MR) is 165 cm³/mol. The summed E-state index contributed by atoms with van der Waals surface area (Å²) in [5, 5.41) is 13.7. The first kappa shape index (κ1) is 32.8. The van der Waals surface area contributed by atoms with Crippen molar-refractivity contribution in [1.29, 1.82) is 0 Å². The summed E-state index contributed by atoms with van der Waals surface area (Å²) in [6, 6.07) is 11.9. The van der Waals surface area contributed by atoms with Crippen molar-refractivity contribution in [2.24, 2.45) is 0 Å². The lowest BCUT2D eigenvalue weighted by Crippen LogP contribution is -2.37. The van der Waals surface area contributed by atoms with Crippen molar-refractivity contribution in [2.75, 3.05) is 39.1 Å². The van der Waals surface area contributed by atoms with Crippen LogP contribution in [0.4, 0.5) is 10.5 Å². The lowest BCUT2D eigenvalue weighted by molar-refractivity contribution is -0.125. The van der Waals surface area contributed by atoms with Crippen LogP contribution in [0.15, 0.2) is 84.1 Å². The number of anilines is 1. The number of aliphatic hydroxyl groups is 1. The molecule has 2 aromatic rings. The molecule has 2 aromatic carbocycles. The molecule has 4 N–H and O–H groups in total. The van der Waals surface area contributed by atoms with E-state index in [0.29, 0.717) is 34.5 Å². The van der Waals surface area contributed by atoms with E-state index in [1.54, 1.807) is 48.2 Å². The Morgan fingerprint density at radius 2 is 1.98 bits per heavy atom. The molecule has 224 valence electrons. The van der Waals surface area contributed by atoms with E-state index in [2.05, 4.69) is 11.9 Å². The molecular weight excluding hydrogens is 581 g/mol. The van der Waals surface area contributed by atoms with Crippen LogP contribution in [0.1, 0.15) is 30.5 Å². The normalized spacial score (nSPS) is 16.1. The number of nitrogens with one attached hydrogen (secondary N) is 1. The zero-order chi connectivity index (χ0) is 30.6. The number of nitrogen functional groups attached to an aromatic ring is 1. The Morgan fingerprint density at radius 3 is 2.67 bits per heavy atom. The van der Waals surface area contributed by atoms with Crippen molar-refractivity contribution < 1.29 is 28.9 Å². The van der Waals surface area contributed by atoms with Crippen LogP contribution in [0, 0.1) is 0 Å². The first-order valence-electron chi connectivity index (χ1n) is 13.2. The zero-order valence-electron chi connectivity index (χ0n) is 23.5. The minimum Gasteiger partial charge on any atom is -0.491 e. The van der Waals surface area contributed by atoms with Gasteiger partial charge in [0.25, 0.3) is 0 Å². The molecule has 2 atom stereocenters. The number of carbonyl (C=O) groups excluding carboxylic acids is 2. The highest BCUT2D eigenvalue weighted by Crippen LogP contribution is 2.37. The summed E-state index contributed by atoms with van der Waals surface area (Å²) in [6.07, 6.45) is 5.83. The van der Waals surface area contributed by atoms with Crippen LogP contribution in [0.5, 0.6) is 5.75 Å². The molecule has 0 radical (unpaired) electrons. The second-order valence-corrected chi connectivity index (χ2v) is 10.3. The number of nitrogens with two attached hydrogens (primary N) is 1. The van der Waals surface area contributed by atoms with E-state index in [4.69, 9.17) is 43.1 Å². The molecule has 9 nitrogen and oxygen atoms in total. The van der Waals surface area contributed by atoms with E-state index < -0.39 is 18.2 Å². The Morgan fingerprint density at radius 1 is 1.24 bits per heavy atom. The van der Waals surface area contributed by atoms with Gasteiger partial charge < -0.3 is 30.4 Å². The van der Waals surface area contributed by atoms with Gasteiger partial charge in [0.1, 0.15) is 30.8 Å². The Labute approximate surface area is 255 Å². The molecule has 0 aromatic heterocycles. The molecular formula is C31H35Cl2N3O6. The van der Waals surface area contributed by atoms with Gasteiger partial charge in [-0.3, -0.25) is 9.69 Å². The number of ether oxygens (including phenoxy) is 3. The number of amides is 2. The molecule has 0 saturated heterocycles. The average molecular weight is 617 g/mol. The summed E-state index contributed by atoms with van der Waals surface area (Å²) in [5.74, 6) is 0.326. The first-order chi connectivity index (χ1) is 20.1. The van der Waals surface area contributed by atoms with E-state index in [0.717, 1.165) is 16.7 Å². The minimum atomic E-state index is -0.910. The Kier molecular flexibility index (Phi) is 12.5. The second-order valence-electron chi connectivity index (χ2n) is 9.42. The number of benzene rings is 2. The Bertz CT molecular complexity index is 1360. The molecule has 1 aliphatic rings. The number of carbonyl (C=O) groups is 2. The monoisotopic (exact) mass is 615 g/mol. The third-order valence-electron chi connectivity index (χ3n) is 6.31. The predicted octanol–water partition coefficient (Wildman–Crippen LogP) is 5.60. The summed E-state index contributed by atoms with van der Waals surface area (Å²) in [6.45, 7) is 5.86. The molecule has 0 bridgehead atoms. The SMILES string of the molecule is C=C(/C=C\C(Cl)=C/C)OC(=O)N1CCC(c2cc(Cl)ccc2N)=CC1c1ccc(OCC(O)CNC(=O)COC)cc1. The lowest BCUT2D eigenvalue weighted by Gasteiger charge is -2.34. The maximum absolute atomic E-state index is 13.3. The third-order valence-corrected chi connectivity index (χ3v) is 6.89. The van der Waals surface area contributed by atoms with Crippen molar-refractivity contribution in [2.45, 2.75) is 25.5 Å². The fourth-order valence-corrected chi connectivity index (χ4v) is 4.39. The number of rotatable bonds is 12. The molecule has 1 heterocycles. The van der Waals surface area contributed by atoms with Crippen LogP contribution in [-0.2, 0) is 14.3 Å². The number of aliphatic hydroxyl groups excluding tert-OH is 1.